The Kier molecular flexibility index (Phi) is 3.16. The monoisotopic (exact) mass is 286 g/mol. The van der Waals surface area contributed by atoms with Crippen LogP contribution < -0.4 is 0 Å². The smallest absolute Gasteiger partial charge is 0.270 e. The van der Waals surface area contributed by atoms with E-state index >= 15 is 0 Å². The van der Waals surface area contributed by atoms with Crippen LogP contribution in [0.15, 0.2) is 40.6 Å². The summed E-state index contributed by atoms with van der Waals surface area (Å²) < 4.78 is 2.09. The van der Waals surface area contributed by atoms with Crippen LogP contribution in [-0.2, 0) is 0 Å². The van der Waals surface area contributed by atoms with Crippen molar-refractivity contribution in [3.8, 4) is 6.07 Å². The third kappa shape index (κ3) is 2.38. The molecule has 1 aliphatic rings. The van der Waals surface area contributed by atoms with Crippen molar-refractivity contribution in [1.82, 2.24) is 9.55 Å². The molecule has 3 rings (SSSR count). The lowest BCUT2D eigenvalue weighted by atomic mass is 10.2. The van der Waals surface area contributed by atoms with Crippen LogP contribution in [0.4, 0.5) is 5.69 Å². The van der Waals surface area contributed by atoms with Gasteiger partial charge in [0, 0.05) is 35.5 Å². The fourth-order valence-corrected chi connectivity index (χ4v) is 2.89. The van der Waals surface area contributed by atoms with Crippen LogP contribution in [-0.4, -0.2) is 14.5 Å². The van der Waals surface area contributed by atoms with Gasteiger partial charge < -0.3 is 4.57 Å². The average molecular weight is 286 g/mol. The van der Waals surface area contributed by atoms with Gasteiger partial charge in [0.2, 0.25) is 0 Å². The van der Waals surface area contributed by atoms with E-state index in [1.165, 1.54) is 23.9 Å². The highest BCUT2D eigenvalue weighted by Crippen LogP contribution is 2.40. The molecule has 0 saturated heterocycles. The van der Waals surface area contributed by atoms with Crippen molar-refractivity contribution in [2.45, 2.75) is 28.9 Å². The number of hydrogen-bond acceptors (Lipinski definition) is 5. The van der Waals surface area contributed by atoms with Crippen LogP contribution in [0.2, 0.25) is 0 Å². The van der Waals surface area contributed by atoms with Gasteiger partial charge in [-0.1, -0.05) is 11.8 Å². The highest BCUT2D eigenvalue weighted by Gasteiger charge is 2.26. The lowest BCUT2D eigenvalue weighted by molar-refractivity contribution is -0.384. The summed E-state index contributed by atoms with van der Waals surface area (Å²) in [6.45, 7) is 0. The number of hydrogen-bond donors (Lipinski definition) is 0. The topological polar surface area (TPSA) is 84.8 Å². The van der Waals surface area contributed by atoms with Gasteiger partial charge in [0.05, 0.1) is 10.5 Å². The van der Waals surface area contributed by atoms with Crippen molar-refractivity contribution in [1.29, 1.82) is 5.26 Å². The van der Waals surface area contributed by atoms with Crippen LogP contribution in [0, 0.1) is 21.4 Å². The SMILES string of the molecule is N#Cc1cc([N+](=O)[O-])ccc1Sc1nccn1C1CC1. The second-order valence-electron chi connectivity index (χ2n) is 4.50. The Morgan fingerprint density at radius 2 is 2.30 bits per heavy atom. The summed E-state index contributed by atoms with van der Waals surface area (Å²) in [5, 5.41) is 20.7. The van der Waals surface area contributed by atoms with Crippen molar-refractivity contribution in [3.05, 3.63) is 46.3 Å². The number of aromatic nitrogens is 2. The zero-order valence-corrected chi connectivity index (χ0v) is 11.2. The summed E-state index contributed by atoms with van der Waals surface area (Å²) >= 11 is 1.37. The Morgan fingerprint density at radius 1 is 1.50 bits per heavy atom. The molecule has 0 N–H and O–H groups in total. The van der Waals surface area contributed by atoms with Gasteiger partial charge in [-0.3, -0.25) is 10.1 Å². The number of imidazole rings is 1. The molecule has 1 saturated carbocycles. The molecular weight excluding hydrogens is 276 g/mol. The fourth-order valence-electron chi connectivity index (χ4n) is 1.92. The fraction of sp³-hybridized carbons (Fsp3) is 0.231. The minimum Gasteiger partial charge on any atom is -0.323 e. The second kappa shape index (κ2) is 4.98. The molecule has 0 aliphatic heterocycles. The van der Waals surface area contributed by atoms with Crippen LogP contribution >= 0.6 is 11.8 Å². The number of nitriles is 1. The quantitative estimate of drug-likeness (QED) is 0.636. The number of nitro benzene ring substituents is 1. The van der Waals surface area contributed by atoms with Gasteiger partial charge in [-0.25, -0.2) is 4.98 Å². The molecular formula is C13H10N4O2S. The van der Waals surface area contributed by atoms with E-state index < -0.39 is 4.92 Å². The lowest BCUT2D eigenvalue weighted by Crippen LogP contribution is -1.95. The molecule has 0 amide bonds. The summed E-state index contributed by atoms with van der Waals surface area (Å²) in [6.07, 6.45) is 5.96. The van der Waals surface area contributed by atoms with Gasteiger partial charge in [0.1, 0.15) is 6.07 Å². The van der Waals surface area contributed by atoms with Gasteiger partial charge in [0.25, 0.3) is 5.69 Å². The average Bonchev–Trinajstić information content (AvgIpc) is 3.19. The molecule has 100 valence electrons. The number of nitro groups is 1. The minimum atomic E-state index is -0.500. The molecule has 1 fully saturated rings. The third-order valence-corrected chi connectivity index (χ3v) is 4.14. The molecule has 1 aromatic heterocycles. The Balaban J connectivity index is 1.92. The summed E-state index contributed by atoms with van der Waals surface area (Å²) in [6, 6.07) is 6.82. The van der Waals surface area contributed by atoms with Gasteiger partial charge in [0.15, 0.2) is 5.16 Å². The Morgan fingerprint density at radius 3 is 2.95 bits per heavy atom. The predicted molar refractivity (Wildman–Crippen MR) is 72.4 cm³/mol. The van der Waals surface area contributed by atoms with E-state index in [1.807, 2.05) is 12.3 Å². The molecule has 0 radical (unpaired) electrons. The number of non-ortho nitro benzene ring substituents is 1. The molecule has 0 unspecified atom stereocenters. The van der Waals surface area contributed by atoms with Crippen LogP contribution in [0.5, 0.6) is 0 Å². The zero-order chi connectivity index (χ0) is 14.1. The molecule has 1 heterocycles. The maximum Gasteiger partial charge on any atom is 0.270 e. The first-order valence-corrected chi connectivity index (χ1v) is 6.90. The first-order valence-electron chi connectivity index (χ1n) is 6.08. The van der Waals surface area contributed by atoms with Crippen molar-refractivity contribution >= 4 is 17.4 Å². The van der Waals surface area contributed by atoms with Gasteiger partial charge in [-0.2, -0.15) is 5.26 Å². The Bertz CT molecular complexity index is 715. The Labute approximate surface area is 119 Å². The number of benzene rings is 1. The number of rotatable bonds is 4. The zero-order valence-electron chi connectivity index (χ0n) is 10.4. The minimum absolute atomic E-state index is 0.0727. The predicted octanol–water partition coefficient (Wildman–Crippen LogP) is 3.15. The summed E-state index contributed by atoms with van der Waals surface area (Å²) in [5.74, 6) is 0. The molecule has 0 spiro atoms. The summed E-state index contributed by atoms with van der Waals surface area (Å²) in [5.41, 5.74) is 0.228. The lowest BCUT2D eigenvalue weighted by Gasteiger charge is -2.06. The molecule has 0 atom stereocenters. The standard InChI is InChI=1S/C13H10N4O2S/c14-8-9-7-11(17(18)19)3-4-12(9)20-13-15-5-6-16(13)10-1-2-10/h3-7,10H,1-2H2. The van der Waals surface area contributed by atoms with E-state index in [9.17, 15) is 10.1 Å². The van der Waals surface area contributed by atoms with Crippen molar-refractivity contribution in [2.24, 2.45) is 0 Å². The van der Waals surface area contributed by atoms with E-state index in [1.54, 1.807) is 12.3 Å². The maximum atomic E-state index is 10.7. The molecule has 6 nitrogen and oxygen atoms in total. The van der Waals surface area contributed by atoms with Gasteiger partial charge >= 0.3 is 0 Å². The van der Waals surface area contributed by atoms with Crippen LogP contribution in [0.25, 0.3) is 0 Å². The highest BCUT2D eigenvalue weighted by atomic mass is 32.2. The molecule has 0 bridgehead atoms. The van der Waals surface area contributed by atoms with Crippen molar-refractivity contribution in [3.63, 3.8) is 0 Å². The first-order chi connectivity index (χ1) is 9.69. The number of nitrogens with zero attached hydrogens (tertiary/aromatic N) is 4. The van der Waals surface area contributed by atoms with Crippen LogP contribution in [0.1, 0.15) is 24.4 Å². The molecule has 20 heavy (non-hydrogen) atoms. The third-order valence-electron chi connectivity index (χ3n) is 3.07. The molecule has 7 heteroatoms. The van der Waals surface area contributed by atoms with Gasteiger partial charge in [-0.15, -0.1) is 0 Å². The summed E-state index contributed by atoms with van der Waals surface area (Å²) in [7, 11) is 0. The summed E-state index contributed by atoms with van der Waals surface area (Å²) in [4.78, 5) is 15.2. The van der Waals surface area contributed by atoms with Gasteiger partial charge in [-0.05, 0) is 18.9 Å². The van der Waals surface area contributed by atoms with E-state index in [2.05, 4.69) is 9.55 Å². The normalized spacial score (nSPS) is 13.9. The maximum absolute atomic E-state index is 10.7. The largest absolute Gasteiger partial charge is 0.323 e. The van der Waals surface area contributed by atoms with E-state index in [-0.39, 0.29) is 5.69 Å². The molecule has 1 aliphatic carbocycles. The highest BCUT2D eigenvalue weighted by molar-refractivity contribution is 7.99. The van der Waals surface area contributed by atoms with E-state index in [0.29, 0.717) is 16.5 Å². The first kappa shape index (κ1) is 12.7. The molecule has 1 aromatic carbocycles. The van der Waals surface area contributed by atoms with Crippen molar-refractivity contribution < 1.29 is 4.92 Å². The van der Waals surface area contributed by atoms with E-state index in [0.717, 1.165) is 18.0 Å². The molecule has 2 aromatic rings. The van der Waals surface area contributed by atoms with Crippen molar-refractivity contribution in [2.75, 3.05) is 0 Å². The second-order valence-corrected chi connectivity index (χ2v) is 5.51. The Hall–Kier alpha value is -2.33. The van der Waals surface area contributed by atoms with Crippen LogP contribution in [0.3, 0.4) is 0 Å². The van der Waals surface area contributed by atoms with E-state index in [4.69, 9.17) is 5.26 Å².